The van der Waals surface area contributed by atoms with Gasteiger partial charge in [0.15, 0.2) is 0 Å². The van der Waals surface area contributed by atoms with Crippen molar-refractivity contribution in [1.29, 1.82) is 0 Å². The zero-order valence-corrected chi connectivity index (χ0v) is 11.3. The predicted molar refractivity (Wildman–Crippen MR) is 69.9 cm³/mol. The molecule has 0 fully saturated rings. The Kier molecular flexibility index (Phi) is 4.81. The molecule has 0 aliphatic rings. The van der Waals surface area contributed by atoms with Gasteiger partial charge in [0, 0.05) is 10.5 Å². The minimum absolute atomic E-state index is 0.163. The molecular weight excluding hydrogens is 250 g/mol. The zero-order chi connectivity index (χ0) is 11.4. The van der Waals surface area contributed by atoms with Gasteiger partial charge in [-0.2, -0.15) is 0 Å². The minimum atomic E-state index is 0.163. The molecule has 0 aliphatic carbocycles. The maximum Gasteiger partial charge on any atom is 0.0323 e. The molecule has 84 valence electrons. The average Bonchev–Trinajstić information content (AvgIpc) is 2.18. The number of nitrogens with two attached hydrogens (primary N) is 1. The predicted octanol–water partition coefficient (Wildman–Crippen LogP) is 4.19. The number of hydrogen-bond acceptors (Lipinski definition) is 1. The maximum atomic E-state index is 6.28. The Bertz CT molecular complexity index is 298. The van der Waals surface area contributed by atoms with E-state index in [1.807, 2.05) is 0 Å². The van der Waals surface area contributed by atoms with Gasteiger partial charge in [-0.3, -0.25) is 0 Å². The zero-order valence-electron chi connectivity index (χ0n) is 9.76. The second-order valence-electron chi connectivity index (χ2n) is 4.16. The first-order valence-corrected chi connectivity index (χ1v) is 6.40. The Morgan fingerprint density at radius 1 is 1.20 bits per heavy atom. The van der Waals surface area contributed by atoms with Crippen LogP contribution in [0.15, 0.2) is 22.7 Å². The molecule has 1 atom stereocenters. The number of halogens is 1. The largest absolute Gasteiger partial charge is 0.324 e. The first-order valence-electron chi connectivity index (χ1n) is 5.61. The van der Waals surface area contributed by atoms with Gasteiger partial charge in [-0.25, -0.2) is 0 Å². The summed E-state index contributed by atoms with van der Waals surface area (Å²) in [5.41, 5.74) is 8.79. The first kappa shape index (κ1) is 12.7. The second kappa shape index (κ2) is 5.66. The van der Waals surface area contributed by atoms with Gasteiger partial charge in [-0.05, 0) is 36.1 Å². The number of benzene rings is 1. The highest BCUT2D eigenvalue weighted by atomic mass is 79.9. The van der Waals surface area contributed by atoms with Gasteiger partial charge in [0.1, 0.15) is 0 Å². The fourth-order valence-electron chi connectivity index (χ4n) is 2.03. The van der Waals surface area contributed by atoms with Crippen LogP contribution in [0.3, 0.4) is 0 Å². The lowest BCUT2D eigenvalue weighted by Crippen LogP contribution is -2.20. The van der Waals surface area contributed by atoms with Crippen molar-refractivity contribution in [3.8, 4) is 0 Å². The summed E-state index contributed by atoms with van der Waals surface area (Å²) >= 11 is 3.52. The van der Waals surface area contributed by atoms with E-state index in [1.165, 1.54) is 11.1 Å². The highest BCUT2D eigenvalue weighted by Gasteiger charge is 2.16. The van der Waals surface area contributed by atoms with Crippen molar-refractivity contribution in [3.63, 3.8) is 0 Å². The molecule has 15 heavy (non-hydrogen) atoms. The molecule has 1 aromatic carbocycles. The molecule has 1 nitrogen and oxygen atoms in total. The van der Waals surface area contributed by atoms with Gasteiger partial charge in [0.2, 0.25) is 0 Å². The fraction of sp³-hybridized carbons (Fsp3) is 0.538. The third-order valence-electron chi connectivity index (χ3n) is 3.01. The van der Waals surface area contributed by atoms with Crippen molar-refractivity contribution in [3.05, 3.63) is 33.8 Å². The van der Waals surface area contributed by atoms with E-state index >= 15 is 0 Å². The van der Waals surface area contributed by atoms with Crippen molar-refractivity contribution in [2.45, 2.75) is 39.7 Å². The molecule has 0 saturated heterocycles. The summed E-state index contributed by atoms with van der Waals surface area (Å²) in [6.45, 7) is 6.52. The van der Waals surface area contributed by atoms with Crippen molar-refractivity contribution < 1.29 is 0 Å². The van der Waals surface area contributed by atoms with E-state index in [4.69, 9.17) is 5.73 Å². The number of rotatable bonds is 4. The van der Waals surface area contributed by atoms with Crippen LogP contribution in [0.5, 0.6) is 0 Å². The SMILES string of the molecule is CCC(CC)C(N)c1cc(C)cc(Br)c1. The van der Waals surface area contributed by atoms with Crippen molar-refractivity contribution >= 4 is 15.9 Å². The normalized spacial score (nSPS) is 13.2. The van der Waals surface area contributed by atoms with E-state index in [2.05, 4.69) is 54.9 Å². The lowest BCUT2D eigenvalue weighted by molar-refractivity contribution is 0.405. The molecule has 0 saturated carbocycles. The molecule has 0 spiro atoms. The molecule has 0 aromatic heterocycles. The summed E-state index contributed by atoms with van der Waals surface area (Å²) in [6, 6.07) is 6.60. The molecule has 0 amide bonds. The third-order valence-corrected chi connectivity index (χ3v) is 3.46. The molecular formula is C13H20BrN. The van der Waals surface area contributed by atoms with Crippen LogP contribution < -0.4 is 5.73 Å². The maximum absolute atomic E-state index is 6.28. The monoisotopic (exact) mass is 269 g/mol. The highest BCUT2D eigenvalue weighted by Crippen LogP contribution is 2.27. The lowest BCUT2D eigenvalue weighted by atomic mass is 9.89. The van der Waals surface area contributed by atoms with Crippen molar-refractivity contribution in [2.75, 3.05) is 0 Å². The fourth-order valence-corrected chi connectivity index (χ4v) is 2.65. The quantitative estimate of drug-likeness (QED) is 0.872. The Balaban J connectivity index is 2.94. The van der Waals surface area contributed by atoms with Crippen LogP contribution in [0.1, 0.15) is 43.9 Å². The van der Waals surface area contributed by atoms with Gasteiger partial charge in [-0.1, -0.05) is 48.7 Å². The van der Waals surface area contributed by atoms with Crippen LogP contribution in [0.4, 0.5) is 0 Å². The first-order chi connectivity index (χ1) is 7.08. The number of hydrogen-bond donors (Lipinski definition) is 1. The Labute approximate surface area is 101 Å². The molecule has 1 rings (SSSR count). The van der Waals surface area contributed by atoms with Gasteiger partial charge in [0.05, 0.1) is 0 Å². The second-order valence-corrected chi connectivity index (χ2v) is 5.08. The van der Waals surface area contributed by atoms with E-state index in [1.54, 1.807) is 0 Å². The van der Waals surface area contributed by atoms with Crippen molar-refractivity contribution in [1.82, 2.24) is 0 Å². The summed E-state index contributed by atoms with van der Waals surface area (Å²) in [6.07, 6.45) is 2.28. The summed E-state index contributed by atoms with van der Waals surface area (Å²) in [4.78, 5) is 0. The van der Waals surface area contributed by atoms with E-state index in [-0.39, 0.29) is 6.04 Å². The van der Waals surface area contributed by atoms with Gasteiger partial charge < -0.3 is 5.73 Å². The van der Waals surface area contributed by atoms with Crippen LogP contribution in [0, 0.1) is 12.8 Å². The average molecular weight is 270 g/mol. The molecule has 1 aromatic rings. The lowest BCUT2D eigenvalue weighted by Gasteiger charge is -2.22. The van der Waals surface area contributed by atoms with Crippen LogP contribution in [-0.2, 0) is 0 Å². The molecule has 0 aliphatic heterocycles. The summed E-state index contributed by atoms with van der Waals surface area (Å²) < 4.78 is 1.12. The molecule has 0 heterocycles. The number of aryl methyl sites for hydroxylation is 1. The Morgan fingerprint density at radius 3 is 2.27 bits per heavy atom. The molecule has 0 bridgehead atoms. The van der Waals surface area contributed by atoms with E-state index in [9.17, 15) is 0 Å². The van der Waals surface area contributed by atoms with Crippen molar-refractivity contribution in [2.24, 2.45) is 11.7 Å². The third kappa shape index (κ3) is 3.32. The standard InChI is InChI=1S/C13H20BrN/c1-4-10(5-2)13(15)11-6-9(3)7-12(14)8-11/h6-8,10,13H,4-5,15H2,1-3H3. The molecule has 1 unspecified atom stereocenters. The van der Waals surface area contributed by atoms with Crippen LogP contribution >= 0.6 is 15.9 Å². The van der Waals surface area contributed by atoms with E-state index in [0.29, 0.717) is 5.92 Å². The molecule has 2 heteroatoms. The van der Waals surface area contributed by atoms with Crippen LogP contribution in [-0.4, -0.2) is 0 Å². The van der Waals surface area contributed by atoms with Crippen LogP contribution in [0.25, 0.3) is 0 Å². The van der Waals surface area contributed by atoms with Crippen LogP contribution in [0.2, 0.25) is 0 Å². The minimum Gasteiger partial charge on any atom is -0.324 e. The van der Waals surface area contributed by atoms with Gasteiger partial charge >= 0.3 is 0 Å². The smallest absolute Gasteiger partial charge is 0.0323 e. The van der Waals surface area contributed by atoms with E-state index in [0.717, 1.165) is 17.3 Å². The Morgan fingerprint density at radius 2 is 1.80 bits per heavy atom. The molecule has 2 N–H and O–H groups in total. The summed E-state index contributed by atoms with van der Waals surface area (Å²) in [5.74, 6) is 0.582. The summed E-state index contributed by atoms with van der Waals surface area (Å²) in [7, 11) is 0. The van der Waals surface area contributed by atoms with Gasteiger partial charge in [0.25, 0.3) is 0 Å². The van der Waals surface area contributed by atoms with Gasteiger partial charge in [-0.15, -0.1) is 0 Å². The van der Waals surface area contributed by atoms with E-state index < -0.39 is 0 Å². The highest BCUT2D eigenvalue weighted by molar-refractivity contribution is 9.10. The summed E-state index contributed by atoms with van der Waals surface area (Å²) in [5, 5.41) is 0. The topological polar surface area (TPSA) is 26.0 Å². The Hall–Kier alpha value is -0.340. The molecule has 0 radical (unpaired) electrons.